The summed E-state index contributed by atoms with van der Waals surface area (Å²) in [4.78, 5) is 0.964. The molecule has 4 nitrogen and oxygen atoms in total. The molecule has 3 N–H and O–H groups in total. The first kappa shape index (κ1) is 15.2. The van der Waals surface area contributed by atoms with E-state index in [1.54, 1.807) is 12.1 Å². The van der Waals surface area contributed by atoms with Crippen LogP contribution in [-0.4, -0.2) is 21.0 Å². The predicted octanol–water partition coefficient (Wildman–Crippen LogP) is 1.33. The maximum Gasteiger partial charge on any atom is 0.251 e. The van der Waals surface area contributed by atoms with Crippen LogP contribution in [0.1, 0.15) is 24.6 Å². The van der Waals surface area contributed by atoms with Crippen LogP contribution in [-0.2, 0) is 16.4 Å². The van der Waals surface area contributed by atoms with Crippen LogP contribution >= 0.6 is 11.3 Å². The van der Waals surface area contributed by atoms with Crippen molar-refractivity contribution in [2.45, 2.75) is 36.4 Å². The molecule has 0 saturated heterocycles. The van der Waals surface area contributed by atoms with Gasteiger partial charge in [0.1, 0.15) is 4.21 Å². The maximum absolute atomic E-state index is 12.1. The highest BCUT2D eigenvalue weighted by Crippen LogP contribution is 2.22. The fourth-order valence-corrected chi connectivity index (χ4v) is 4.07. The second-order valence-corrected chi connectivity index (χ2v) is 7.00. The van der Waals surface area contributed by atoms with Crippen LogP contribution in [0, 0.1) is 12.3 Å². The number of rotatable bonds is 7. The van der Waals surface area contributed by atoms with E-state index in [9.17, 15) is 8.42 Å². The van der Waals surface area contributed by atoms with E-state index in [0.29, 0.717) is 23.6 Å². The SMILES string of the molecule is C#CC(CCC)NS(=O)(=O)c1ccc(CCN)s1. The van der Waals surface area contributed by atoms with Gasteiger partial charge in [0.05, 0.1) is 6.04 Å². The molecule has 1 aromatic rings. The van der Waals surface area contributed by atoms with Crippen molar-refractivity contribution in [3.05, 3.63) is 17.0 Å². The van der Waals surface area contributed by atoms with E-state index in [1.165, 1.54) is 11.3 Å². The Morgan fingerprint density at radius 3 is 2.83 bits per heavy atom. The molecule has 0 saturated carbocycles. The Hall–Kier alpha value is -0.870. The summed E-state index contributed by atoms with van der Waals surface area (Å²) in [6, 6.07) is 2.94. The predicted molar refractivity (Wildman–Crippen MR) is 74.9 cm³/mol. The van der Waals surface area contributed by atoms with Gasteiger partial charge in [-0.1, -0.05) is 19.3 Å². The highest BCUT2D eigenvalue weighted by molar-refractivity contribution is 7.91. The van der Waals surface area contributed by atoms with Crippen molar-refractivity contribution < 1.29 is 8.42 Å². The van der Waals surface area contributed by atoms with E-state index in [-0.39, 0.29) is 0 Å². The summed E-state index contributed by atoms with van der Waals surface area (Å²) in [5.74, 6) is 2.46. The Morgan fingerprint density at radius 1 is 1.56 bits per heavy atom. The van der Waals surface area contributed by atoms with Crippen LogP contribution in [0.4, 0.5) is 0 Å². The second-order valence-electron chi connectivity index (χ2n) is 3.89. The summed E-state index contributed by atoms with van der Waals surface area (Å²) in [5, 5.41) is 0. The smallest absolute Gasteiger partial charge is 0.251 e. The van der Waals surface area contributed by atoms with E-state index in [4.69, 9.17) is 12.2 Å². The molecule has 0 aliphatic carbocycles. The molecule has 1 atom stereocenters. The zero-order chi connectivity index (χ0) is 13.6. The van der Waals surface area contributed by atoms with Crippen molar-refractivity contribution in [1.29, 1.82) is 0 Å². The topological polar surface area (TPSA) is 72.2 Å². The summed E-state index contributed by atoms with van der Waals surface area (Å²) < 4.78 is 27.0. The average Bonchev–Trinajstić information content (AvgIpc) is 2.78. The molecular weight excluding hydrogens is 268 g/mol. The lowest BCUT2D eigenvalue weighted by atomic mass is 10.2. The van der Waals surface area contributed by atoms with E-state index in [1.807, 2.05) is 6.92 Å². The van der Waals surface area contributed by atoms with E-state index >= 15 is 0 Å². The summed E-state index contributed by atoms with van der Waals surface area (Å²) >= 11 is 1.24. The summed E-state index contributed by atoms with van der Waals surface area (Å²) in [7, 11) is -3.51. The van der Waals surface area contributed by atoms with E-state index in [2.05, 4.69) is 10.6 Å². The first-order valence-corrected chi connectivity index (χ1v) is 8.10. The number of nitrogens with two attached hydrogens (primary N) is 1. The second kappa shape index (κ2) is 6.90. The van der Waals surface area contributed by atoms with Crippen LogP contribution in [0.25, 0.3) is 0 Å². The lowest BCUT2D eigenvalue weighted by Gasteiger charge is -2.11. The first-order valence-electron chi connectivity index (χ1n) is 5.80. The Labute approximate surface area is 113 Å². The third-order valence-corrected chi connectivity index (χ3v) is 5.48. The Bertz CT molecular complexity index is 514. The zero-order valence-corrected chi connectivity index (χ0v) is 12.0. The molecular formula is C12H18N2O2S2. The van der Waals surface area contributed by atoms with Crippen molar-refractivity contribution in [3.8, 4) is 12.3 Å². The van der Waals surface area contributed by atoms with Gasteiger partial charge in [-0.15, -0.1) is 17.8 Å². The number of thiophene rings is 1. The number of terminal acetylenes is 1. The lowest BCUT2D eigenvalue weighted by Crippen LogP contribution is -2.33. The minimum atomic E-state index is -3.51. The van der Waals surface area contributed by atoms with Gasteiger partial charge >= 0.3 is 0 Å². The van der Waals surface area contributed by atoms with Gasteiger partial charge in [0.15, 0.2) is 0 Å². The molecule has 1 unspecified atom stereocenters. The number of hydrogen-bond donors (Lipinski definition) is 2. The fourth-order valence-electron chi connectivity index (χ4n) is 1.49. The minimum Gasteiger partial charge on any atom is -0.330 e. The lowest BCUT2D eigenvalue weighted by molar-refractivity contribution is 0.566. The third kappa shape index (κ3) is 4.10. The van der Waals surface area contributed by atoms with Gasteiger partial charge in [0, 0.05) is 4.88 Å². The van der Waals surface area contributed by atoms with Gasteiger partial charge in [-0.05, 0) is 31.5 Å². The molecule has 0 fully saturated rings. The summed E-state index contributed by atoms with van der Waals surface area (Å²) in [5.41, 5.74) is 5.44. The van der Waals surface area contributed by atoms with Crippen LogP contribution < -0.4 is 10.5 Å². The molecule has 0 radical (unpaired) electrons. The molecule has 1 aromatic heterocycles. The summed E-state index contributed by atoms with van der Waals surface area (Å²) in [6.07, 6.45) is 7.46. The number of hydrogen-bond acceptors (Lipinski definition) is 4. The molecule has 18 heavy (non-hydrogen) atoms. The molecule has 0 spiro atoms. The maximum atomic E-state index is 12.1. The Morgan fingerprint density at radius 2 is 2.28 bits per heavy atom. The molecule has 0 aromatic carbocycles. The minimum absolute atomic E-state index is 0.294. The van der Waals surface area contributed by atoms with Crippen LogP contribution in [0.15, 0.2) is 16.3 Å². The van der Waals surface area contributed by atoms with Crippen LogP contribution in [0.2, 0.25) is 0 Å². The van der Waals surface area contributed by atoms with Crippen molar-refractivity contribution in [3.63, 3.8) is 0 Å². The van der Waals surface area contributed by atoms with Gasteiger partial charge < -0.3 is 5.73 Å². The highest BCUT2D eigenvalue weighted by atomic mass is 32.2. The molecule has 100 valence electrons. The zero-order valence-electron chi connectivity index (χ0n) is 10.3. The Balaban J connectivity index is 2.82. The van der Waals surface area contributed by atoms with Crippen LogP contribution in [0.3, 0.4) is 0 Å². The van der Waals surface area contributed by atoms with E-state index < -0.39 is 16.1 Å². The molecule has 0 bridgehead atoms. The van der Waals surface area contributed by atoms with E-state index in [0.717, 1.165) is 11.3 Å². The fraction of sp³-hybridized carbons (Fsp3) is 0.500. The molecule has 0 aliphatic rings. The highest BCUT2D eigenvalue weighted by Gasteiger charge is 2.20. The number of sulfonamides is 1. The van der Waals surface area contributed by atoms with Gasteiger partial charge in [-0.25, -0.2) is 8.42 Å². The van der Waals surface area contributed by atoms with Gasteiger partial charge in [0.2, 0.25) is 0 Å². The summed E-state index contributed by atoms with van der Waals surface area (Å²) in [6.45, 7) is 2.47. The van der Waals surface area contributed by atoms with Crippen molar-refractivity contribution >= 4 is 21.4 Å². The van der Waals surface area contributed by atoms with Gasteiger partial charge in [0.25, 0.3) is 10.0 Å². The Kier molecular flexibility index (Phi) is 5.82. The quantitative estimate of drug-likeness (QED) is 0.743. The third-order valence-electron chi connectivity index (χ3n) is 2.37. The molecule has 6 heteroatoms. The van der Waals surface area contributed by atoms with Gasteiger partial charge in [-0.2, -0.15) is 4.72 Å². The molecule has 1 rings (SSSR count). The molecule has 0 aliphatic heterocycles. The normalized spacial score (nSPS) is 13.2. The molecule has 0 amide bonds. The van der Waals surface area contributed by atoms with Gasteiger partial charge in [-0.3, -0.25) is 0 Å². The largest absolute Gasteiger partial charge is 0.330 e. The van der Waals surface area contributed by atoms with Crippen molar-refractivity contribution in [2.75, 3.05) is 6.54 Å². The first-order chi connectivity index (χ1) is 8.53. The monoisotopic (exact) mass is 286 g/mol. The van der Waals surface area contributed by atoms with Crippen molar-refractivity contribution in [2.24, 2.45) is 5.73 Å². The number of nitrogens with one attached hydrogen (secondary N) is 1. The molecule has 1 heterocycles. The van der Waals surface area contributed by atoms with Crippen molar-refractivity contribution in [1.82, 2.24) is 4.72 Å². The standard InChI is InChI=1S/C12H18N2O2S2/c1-3-5-10(4-2)14-18(15,16)12-7-6-11(17-12)8-9-13/h2,6-7,10,14H,3,5,8-9,13H2,1H3. The average molecular weight is 286 g/mol. The van der Waals surface area contributed by atoms with Crippen LogP contribution in [0.5, 0.6) is 0 Å².